The number of nitrogens with zero attached hydrogens (tertiary/aromatic N) is 4. The summed E-state index contributed by atoms with van der Waals surface area (Å²) in [6, 6.07) is 2.61. The molecule has 0 saturated carbocycles. The third-order valence-corrected chi connectivity index (χ3v) is 4.82. The average molecular weight is 372 g/mol. The molecular weight excluding hydrogens is 357 g/mol. The molecule has 2 aromatic rings. The summed E-state index contributed by atoms with van der Waals surface area (Å²) in [4.78, 5) is 7.49. The number of rotatable bonds is 3. The first-order chi connectivity index (χ1) is 11.7. The van der Waals surface area contributed by atoms with Crippen LogP contribution in [0.3, 0.4) is 0 Å². The summed E-state index contributed by atoms with van der Waals surface area (Å²) in [6.07, 6.45) is 3.64. The van der Waals surface area contributed by atoms with E-state index in [1.807, 2.05) is 12.2 Å². The topological polar surface area (TPSA) is 77.7 Å². The van der Waals surface area contributed by atoms with E-state index in [0.29, 0.717) is 6.42 Å². The highest BCUT2D eigenvalue weighted by Crippen LogP contribution is 2.32. The van der Waals surface area contributed by atoms with Gasteiger partial charge < -0.3 is 0 Å². The zero-order valence-corrected chi connectivity index (χ0v) is 14.0. The third-order valence-electron chi connectivity index (χ3n) is 3.82. The second-order valence-electron chi connectivity index (χ2n) is 5.80. The molecule has 0 radical (unpaired) electrons. The van der Waals surface area contributed by atoms with Crippen LogP contribution in [-0.4, -0.2) is 34.4 Å². The van der Waals surface area contributed by atoms with Crippen LogP contribution in [0.2, 0.25) is 0 Å². The molecule has 134 valence electrons. The number of hydrogen-bond acceptors (Lipinski definition) is 5. The first kappa shape index (κ1) is 17.6. The van der Waals surface area contributed by atoms with E-state index in [-0.39, 0.29) is 22.5 Å². The lowest BCUT2D eigenvalue weighted by molar-refractivity contribution is -0.144. The van der Waals surface area contributed by atoms with Crippen LogP contribution in [0.4, 0.5) is 13.2 Å². The predicted octanol–water partition coefficient (Wildman–Crippen LogP) is 2.91. The minimum atomic E-state index is -4.67. The number of alkyl halides is 3. The highest BCUT2D eigenvalue weighted by atomic mass is 32.2. The van der Waals surface area contributed by atoms with Crippen molar-refractivity contribution in [2.45, 2.75) is 36.4 Å². The molecule has 0 amide bonds. The molecule has 0 aliphatic heterocycles. The Hall–Kier alpha value is -2.23. The van der Waals surface area contributed by atoms with Crippen LogP contribution in [0.25, 0.3) is 5.69 Å². The van der Waals surface area contributed by atoms with Crippen LogP contribution in [0.1, 0.15) is 36.8 Å². The number of pyridine rings is 1. The molecule has 0 aromatic carbocycles. The Balaban J connectivity index is 2.09. The van der Waals surface area contributed by atoms with Gasteiger partial charge in [0.2, 0.25) is 0 Å². The van der Waals surface area contributed by atoms with E-state index in [9.17, 15) is 21.6 Å². The maximum Gasteiger partial charge on any atom is 0.453 e. The van der Waals surface area contributed by atoms with E-state index in [1.165, 1.54) is 18.3 Å². The fraction of sp³-hybridized carbons (Fsp3) is 0.400. The molecule has 0 fully saturated rings. The van der Waals surface area contributed by atoms with Crippen LogP contribution >= 0.6 is 0 Å². The van der Waals surface area contributed by atoms with E-state index in [1.54, 1.807) is 0 Å². The maximum atomic E-state index is 13.0. The van der Waals surface area contributed by atoms with Crippen molar-refractivity contribution in [3.8, 4) is 5.69 Å². The van der Waals surface area contributed by atoms with Crippen LogP contribution in [0.15, 0.2) is 35.5 Å². The SMILES string of the molecule is CS(=O)(=O)c1ccc(-n2nc(C(F)(F)F)nc2C2C=CCCC2)cn1. The van der Waals surface area contributed by atoms with Gasteiger partial charge in [-0.15, -0.1) is 5.10 Å². The van der Waals surface area contributed by atoms with Crippen molar-refractivity contribution in [1.29, 1.82) is 0 Å². The molecule has 2 aromatic heterocycles. The molecule has 10 heteroatoms. The third kappa shape index (κ3) is 3.73. The van der Waals surface area contributed by atoms with Gasteiger partial charge in [-0.1, -0.05) is 12.2 Å². The van der Waals surface area contributed by atoms with E-state index in [0.717, 1.165) is 23.8 Å². The van der Waals surface area contributed by atoms with E-state index in [4.69, 9.17) is 0 Å². The first-order valence-electron chi connectivity index (χ1n) is 7.53. The smallest absolute Gasteiger partial charge is 0.242 e. The van der Waals surface area contributed by atoms with Crippen LogP contribution < -0.4 is 0 Å². The lowest BCUT2D eigenvalue weighted by Crippen LogP contribution is -2.10. The van der Waals surface area contributed by atoms with Crippen LogP contribution in [0.5, 0.6) is 0 Å². The van der Waals surface area contributed by atoms with Gasteiger partial charge in [-0.25, -0.2) is 23.1 Å². The fourth-order valence-electron chi connectivity index (χ4n) is 2.62. The summed E-state index contributed by atoms with van der Waals surface area (Å²) in [5.41, 5.74) is 0.226. The quantitative estimate of drug-likeness (QED) is 0.774. The first-order valence-corrected chi connectivity index (χ1v) is 9.43. The number of sulfone groups is 1. The lowest BCUT2D eigenvalue weighted by atomic mass is 9.95. The lowest BCUT2D eigenvalue weighted by Gasteiger charge is -2.16. The molecule has 0 saturated heterocycles. The molecule has 1 atom stereocenters. The van der Waals surface area contributed by atoms with Gasteiger partial charge in [0.1, 0.15) is 5.82 Å². The minimum absolute atomic E-state index is 0.161. The van der Waals surface area contributed by atoms with Gasteiger partial charge in [0, 0.05) is 12.2 Å². The summed E-state index contributed by atoms with van der Waals surface area (Å²) in [6.45, 7) is 0. The molecular formula is C15H15F3N4O2S. The highest BCUT2D eigenvalue weighted by Gasteiger charge is 2.38. The summed E-state index contributed by atoms with van der Waals surface area (Å²) in [5.74, 6) is -1.35. The van der Waals surface area contributed by atoms with Crippen molar-refractivity contribution in [3.63, 3.8) is 0 Å². The zero-order valence-electron chi connectivity index (χ0n) is 13.2. The largest absolute Gasteiger partial charge is 0.453 e. The van der Waals surface area contributed by atoms with Crippen molar-refractivity contribution < 1.29 is 21.6 Å². The standard InChI is InChI=1S/C15H15F3N4O2S/c1-25(23,24)12-8-7-11(9-19-12)22-13(10-5-3-2-4-6-10)20-14(21-22)15(16,17)18/h3,5,7-10H,2,4,6H2,1H3. The van der Waals surface area contributed by atoms with Gasteiger partial charge in [-0.05, 0) is 31.4 Å². The molecule has 0 spiro atoms. The van der Waals surface area contributed by atoms with Gasteiger partial charge in [-0.2, -0.15) is 13.2 Å². The average Bonchev–Trinajstić information content (AvgIpc) is 3.00. The Bertz CT molecular complexity index is 902. The van der Waals surface area contributed by atoms with Crippen molar-refractivity contribution in [1.82, 2.24) is 19.7 Å². The van der Waals surface area contributed by atoms with Gasteiger partial charge >= 0.3 is 6.18 Å². The summed E-state index contributed by atoms with van der Waals surface area (Å²) >= 11 is 0. The van der Waals surface area contributed by atoms with Crippen molar-refractivity contribution in [2.75, 3.05) is 6.26 Å². The predicted molar refractivity (Wildman–Crippen MR) is 83.0 cm³/mol. The van der Waals surface area contributed by atoms with Gasteiger partial charge in [0.25, 0.3) is 5.82 Å². The second kappa shape index (κ2) is 6.25. The van der Waals surface area contributed by atoms with Gasteiger partial charge in [-0.3, -0.25) is 0 Å². The molecule has 0 N–H and O–H groups in total. The summed E-state index contributed by atoms with van der Waals surface area (Å²) in [7, 11) is -3.50. The Morgan fingerprint density at radius 3 is 2.56 bits per heavy atom. The molecule has 0 bridgehead atoms. The van der Waals surface area contributed by atoms with E-state index in [2.05, 4.69) is 15.1 Å². The summed E-state index contributed by atoms with van der Waals surface area (Å²) < 4.78 is 63.1. The van der Waals surface area contributed by atoms with Crippen molar-refractivity contribution in [3.05, 3.63) is 42.1 Å². The second-order valence-corrected chi connectivity index (χ2v) is 7.76. The molecule has 2 heterocycles. The van der Waals surface area contributed by atoms with Crippen LogP contribution in [0, 0.1) is 0 Å². The Labute approximate surface area is 142 Å². The van der Waals surface area contributed by atoms with E-state index >= 15 is 0 Å². The number of allylic oxidation sites excluding steroid dienone is 2. The Morgan fingerprint density at radius 1 is 1.28 bits per heavy atom. The normalized spacial score (nSPS) is 18.5. The molecule has 1 aliphatic carbocycles. The van der Waals surface area contributed by atoms with Crippen LogP contribution in [-0.2, 0) is 16.0 Å². The van der Waals surface area contributed by atoms with E-state index < -0.39 is 21.8 Å². The molecule has 6 nitrogen and oxygen atoms in total. The summed E-state index contributed by atoms with van der Waals surface area (Å²) in [5, 5.41) is 3.42. The Morgan fingerprint density at radius 2 is 2.04 bits per heavy atom. The number of hydrogen-bond donors (Lipinski definition) is 0. The Kier molecular flexibility index (Phi) is 4.40. The van der Waals surface area contributed by atoms with Gasteiger partial charge in [0.15, 0.2) is 14.9 Å². The fourth-order valence-corrected chi connectivity index (χ4v) is 3.18. The number of halogens is 3. The highest BCUT2D eigenvalue weighted by molar-refractivity contribution is 7.90. The van der Waals surface area contributed by atoms with Crippen molar-refractivity contribution >= 4 is 9.84 Å². The van der Waals surface area contributed by atoms with Gasteiger partial charge in [0.05, 0.1) is 11.9 Å². The molecule has 25 heavy (non-hydrogen) atoms. The van der Waals surface area contributed by atoms with Crippen molar-refractivity contribution in [2.24, 2.45) is 0 Å². The maximum absolute atomic E-state index is 13.0. The number of aromatic nitrogens is 4. The monoisotopic (exact) mass is 372 g/mol. The minimum Gasteiger partial charge on any atom is -0.242 e. The molecule has 3 rings (SSSR count). The zero-order chi connectivity index (χ0) is 18.2. The molecule has 1 aliphatic rings. The molecule has 1 unspecified atom stereocenters.